The second-order valence-corrected chi connectivity index (χ2v) is 6.88. The van der Waals surface area contributed by atoms with Crippen molar-refractivity contribution in [1.29, 1.82) is 0 Å². The molecule has 0 fully saturated rings. The maximum Gasteiger partial charge on any atom is 0.208 e. The molecule has 0 spiro atoms. The number of ether oxygens (including phenoxy) is 1. The number of hydrogen-bond acceptors (Lipinski definition) is 2. The van der Waals surface area contributed by atoms with Crippen molar-refractivity contribution in [2.75, 3.05) is 13.7 Å². The van der Waals surface area contributed by atoms with Crippen LogP contribution in [0.5, 0.6) is 5.75 Å². The van der Waals surface area contributed by atoms with E-state index in [0.29, 0.717) is 4.48 Å². The summed E-state index contributed by atoms with van der Waals surface area (Å²) in [7, 11) is 1.72. The van der Waals surface area contributed by atoms with Crippen molar-refractivity contribution in [3.05, 3.63) is 56.9 Å². The highest BCUT2D eigenvalue weighted by molar-refractivity contribution is 7.10. The van der Waals surface area contributed by atoms with E-state index in [1.807, 2.05) is 6.07 Å². The van der Waals surface area contributed by atoms with Gasteiger partial charge in [0.1, 0.15) is 29.4 Å². The van der Waals surface area contributed by atoms with Crippen molar-refractivity contribution in [3.63, 3.8) is 0 Å². The first-order valence-electron chi connectivity index (χ1n) is 6.99. The van der Waals surface area contributed by atoms with Crippen LogP contribution in [0.4, 0.5) is 5.69 Å². The van der Waals surface area contributed by atoms with Crippen molar-refractivity contribution in [3.8, 4) is 5.75 Å². The number of nitrogens with zero attached hydrogens (tertiary/aromatic N) is 1. The fourth-order valence-corrected chi connectivity index (χ4v) is 4.35. The van der Waals surface area contributed by atoms with Crippen molar-refractivity contribution >= 4 is 28.6 Å². The summed E-state index contributed by atoms with van der Waals surface area (Å²) in [5.74, 6) is 0.958. The molecule has 110 valence electrons. The Hall–Kier alpha value is -1.29. The monoisotopic (exact) mass is 320 g/mol. The molecule has 1 aromatic heterocycles. The molecule has 21 heavy (non-hydrogen) atoms. The molecule has 0 radical (unpaired) electrons. The highest BCUT2D eigenvalue weighted by Crippen LogP contribution is 2.44. The lowest BCUT2D eigenvalue weighted by molar-refractivity contribution is 0.336. The zero-order chi connectivity index (χ0) is 15.0. The lowest BCUT2D eigenvalue weighted by Gasteiger charge is -2.42. The maximum absolute atomic E-state index is 6.56. The Balaban J connectivity index is 2.08. The van der Waals surface area contributed by atoms with Gasteiger partial charge >= 0.3 is 0 Å². The molecule has 3 rings (SSSR count). The molecule has 0 bridgehead atoms. The molecule has 1 unspecified atom stereocenters. The van der Waals surface area contributed by atoms with Gasteiger partial charge in [0.25, 0.3) is 0 Å². The molecule has 0 amide bonds. The second-order valence-electron chi connectivity index (χ2n) is 5.49. The Bertz CT molecular complexity index is 686. The summed E-state index contributed by atoms with van der Waals surface area (Å²) in [5.41, 5.74) is 3.90. The molecule has 1 aliphatic heterocycles. The molecule has 0 saturated carbocycles. The number of aryl methyl sites for hydroxylation is 2. The highest BCUT2D eigenvalue weighted by Gasteiger charge is 2.44. The molecule has 4 heteroatoms. The minimum atomic E-state index is 0.705. The van der Waals surface area contributed by atoms with Crippen molar-refractivity contribution in [2.24, 2.45) is 0 Å². The fraction of sp³-hybridized carbons (Fsp3) is 0.294. The lowest BCUT2D eigenvalue weighted by atomic mass is 10.0. The number of quaternary nitrogens is 1. The van der Waals surface area contributed by atoms with Crippen molar-refractivity contribution < 1.29 is 4.74 Å². The summed E-state index contributed by atoms with van der Waals surface area (Å²) >= 11 is 8.29. The number of rotatable bonds is 4. The minimum absolute atomic E-state index is 0.705. The SMILES string of the molecule is COc1ccsc1C[N+]1(c2c(C)cccc2C)CC=C1Cl. The van der Waals surface area contributed by atoms with Gasteiger partial charge in [0.2, 0.25) is 5.16 Å². The zero-order valence-corrected chi connectivity index (χ0v) is 14.1. The van der Waals surface area contributed by atoms with Crippen LogP contribution < -0.4 is 9.22 Å². The van der Waals surface area contributed by atoms with Crippen LogP contribution in [0.3, 0.4) is 0 Å². The number of methoxy groups -OCH3 is 1. The van der Waals surface area contributed by atoms with Crippen LogP contribution in [-0.4, -0.2) is 13.7 Å². The van der Waals surface area contributed by atoms with Crippen LogP contribution in [0.25, 0.3) is 0 Å². The molecular weight excluding hydrogens is 302 g/mol. The zero-order valence-electron chi connectivity index (χ0n) is 12.5. The largest absolute Gasteiger partial charge is 0.495 e. The first-order chi connectivity index (χ1) is 10.1. The topological polar surface area (TPSA) is 9.23 Å². The summed E-state index contributed by atoms with van der Waals surface area (Å²) in [6.07, 6.45) is 2.10. The number of thiophene rings is 1. The molecule has 2 nitrogen and oxygen atoms in total. The molecule has 1 atom stereocenters. The van der Waals surface area contributed by atoms with Gasteiger partial charge in [-0.05, 0) is 36.9 Å². The van der Waals surface area contributed by atoms with E-state index in [9.17, 15) is 0 Å². The van der Waals surface area contributed by atoms with Gasteiger partial charge in [-0.15, -0.1) is 11.3 Å². The van der Waals surface area contributed by atoms with Crippen LogP contribution in [-0.2, 0) is 6.54 Å². The Morgan fingerprint density at radius 1 is 1.24 bits per heavy atom. The molecule has 1 aromatic carbocycles. The molecule has 0 N–H and O–H groups in total. The van der Waals surface area contributed by atoms with E-state index in [4.69, 9.17) is 16.3 Å². The fourth-order valence-electron chi connectivity index (χ4n) is 3.15. The van der Waals surface area contributed by atoms with E-state index in [-0.39, 0.29) is 0 Å². The van der Waals surface area contributed by atoms with Gasteiger partial charge in [-0.25, -0.2) is 4.48 Å². The molecule has 0 aliphatic carbocycles. The first-order valence-corrected chi connectivity index (χ1v) is 8.24. The van der Waals surface area contributed by atoms with Gasteiger partial charge in [0.05, 0.1) is 7.11 Å². The number of benzene rings is 1. The smallest absolute Gasteiger partial charge is 0.208 e. The molecular formula is C17H19ClNOS+. The van der Waals surface area contributed by atoms with E-state index in [2.05, 4.69) is 43.5 Å². The van der Waals surface area contributed by atoms with Crippen LogP contribution in [0.2, 0.25) is 0 Å². The third-order valence-corrected chi connectivity index (χ3v) is 5.55. The average molecular weight is 321 g/mol. The third kappa shape index (κ3) is 2.30. The van der Waals surface area contributed by atoms with Crippen molar-refractivity contribution in [1.82, 2.24) is 4.48 Å². The number of hydrogen-bond donors (Lipinski definition) is 0. The van der Waals surface area contributed by atoms with Crippen LogP contribution >= 0.6 is 22.9 Å². The first kappa shape index (κ1) is 14.6. The molecule has 0 saturated heterocycles. The Morgan fingerprint density at radius 3 is 2.48 bits per heavy atom. The van der Waals surface area contributed by atoms with Crippen molar-refractivity contribution in [2.45, 2.75) is 20.4 Å². The predicted octanol–water partition coefficient (Wildman–Crippen LogP) is 4.97. The molecule has 1 aliphatic rings. The molecule has 2 aromatic rings. The number of para-hydroxylation sites is 1. The normalized spacial score (nSPS) is 20.9. The van der Waals surface area contributed by atoms with Crippen LogP contribution in [0.1, 0.15) is 16.0 Å². The van der Waals surface area contributed by atoms with Gasteiger partial charge in [0, 0.05) is 17.2 Å². The third-order valence-electron chi connectivity index (χ3n) is 4.19. The summed E-state index contributed by atoms with van der Waals surface area (Å²) in [5, 5.41) is 2.98. The number of halogens is 1. The standard InChI is InChI=1S/C17H19ClNOS/c1-12-5-4-6-13(2)17(12)19(9-7-16(19)18)11-15-14(20-3)8-10-21-15/h4-8,10H,9,11H2,1-3H3/q+1. The Kier molecular flexibility index (Phi) is 3.82. The summed E-state index contributed by atoms with van der Waals surface area (Å²) in [4.78, 5) is 1.24. The average Bonchev–Trinajstić information content (AvgIpc) is 2.91. The van der Waals surface area contributed by atoms with Gasteiger partial charge < -0.3 is 4.74 Å². The quantitative estimate of drug-likeness (QED) is 0.570. The predicted molar refractivity (Wildman–Crippen MR) is 91.1 cm³/mol. The van der Waals surface area contributed by atoms with Gasteiger partial charge in [-0.3, -0.25) is 0 Å². The minimum Gasteiger partial charge on any atom is -0.495 e. The van der Waals surface area contributed by atoms with Gasteiger partial charge in [-0.1, -0.05) is 18.2 Å². The van der Waals surface area contributed by atoms with Gasteiger partial charge in [0.15, 0.2) is 0 Å². The van der Waals surface area contributed by atoms with Gasteiger partial charge in [-0.2, -0.15) is 0 Å². The molecule has 2 heterocycles. The van der Waals surface area contributed by atoms with Crippen LogP contribution in [0.15, 0.2) is 40.9 Å². The van der Waals surface area contributed by atoms with E-state index < -0.39 is 0 Å². The van der Waals surface area contributed by atoms with Crippen LogP contribution in [0, 0.1) is 13.8 Å². The van der Waals surface area contributed by atoms with E-state index in [0.717, 1.165) is 24.0 Å². The Morgan fingerprint density at radius 2 is 1.95 bits per heavy atom. The Labute approximate surface area is 134 Å². The summed E-state index contributed by atoms with van der Waals surface area (Å²) in [6.45, 7) is 6.11. The van der Waals surface area contributed by atoms with E-state index in [1.165, 1.54) is 21.7 Å². The second kappa shape index (κ2) is 5.48. The van der Waals surface area contributed by atoms with E-state index in [1.54, 1.807) is 18.4 Å². The summed E-state index contributed by atoms with van der Waals surface area (Å²) in [6, 6.07) is 8.46. The maximum atomic E-state index is 6.56. The van der Waals surface area contributed by atoms with E-state index >= 15 is 0 Å². The highest BCUT2D eigenvalue weighted by atomic mass is 35.5. The summed E-state index contributed by atoms with van der Waals surface area (Å²) < 4.78 is 6.17. The lowest BCUT2D eigenvalue weighted by Crippen LogP contribution is -2.52.